The molecule has 0 spiro atoms. The van der Waals surface area contributed by atoms with Crippen molar-refractivity contribution in [1.82, 2.24) is 0 Å². The van der Waals surface area contributed by atoms with Crippen molar-refractivity contribution in [2.45, 2.75) is 19.8 Å². The summed E-state index contributed by atoms with van der Waals surface area (Å²) in [7, 11) is 0. The summed E-state index contributed by atoms with van der Waals surface area (Å²) >= 11 is 5.09. The summed E-state index contributed by atoms with van der Waals surface area (Å²) < 4.78 is 10.1. The van der Waals surface area contributed by atoms with Crippen molar-refractivity contribution in [2.24, 2.45) is 0 Å². The Kier molecular flexibility index (Phi) is 4.98. The van der Waals surface area contributed by atoms with E-state index in [1.54, 1.807) is 24.3 Å². The van der Waals surface area contributed by atoms with Crippen molar-refractivity contribution in [2.75, 3.05) is 6.61 Å². The van der Waals surface area contributed by atoms with Gasteiger partial charge in [0.2, 0.25) is 0 Å². The molecule has 0 aliphatic heterocycles. The second-order valence-corrected chi connectivity index (χ2v) is 3.33. The molecule has 0 aliphatic carbocycles. The molecular weight excluding hydrogens is 216 g/mol. The molecule has 0 amide bonds. The Labute approximate surface area is 93.9 Å². The zero-order valence-electron chi connectivity index (χ0n) is 8.53. The van der Waals surface area contributed by atoms with E-state index in [1.165, 1.54) is 0 Å². The molecule has 0 aromatic heterocycles. The fourth-order valence-corrected chi connectivity index (χ4v) is 1.14. The van der Waals surface area contributed by atoms with Crippen LogP contribution in [0.1, 0.15) is 19.8 Å². The van der Waals surface area contributed by atoms with Gasteiger partial charge in [-0.3, -0.25) is 0 Å². The summed E-state index contributed by atoms with van der Waals surface area (Å²) in [6.07, 6.45) is 2.08. The molecule has 1 aromatic carbocycles. The fraction of sp³-hybridized carbons (Fsp3) is 0.364. The second-order valence-electron chi connectivity index (χ2n) is 3.02. The van der Waals surface area contributed by atoms with Crippen molar-refractivity contribution in [3.8, 4) is 11.5 Å². The van der Waals surface area contributed by atoms with Gasteiger partial charge in [-0.05, 0) is 18.6 Å². The van der Waals surface area contributed by atoms with Gasteiger partial charge in [0, 0.05) is 17.7 Å². The molecule has 0 radical (unpaired) electrons. The highest BCUT2D eigenvalue weighted by molar-refractivity contribution is 6.61. The summed E-state index contributed by atoms with van der Waals surface area (Å²) in [5, 5.41) is 0. The van der Waals surface area contributed by atoms with Gasteiger partial charge >= 0.3 is 5.43 Å². The van der Waals surface area contributed by atoms with Gasteiger partial charge in [0.1, 0.15) is 11.5 Å². The number of rotatable bonds is 5. The van der Waals surface area contributed by atoms with E-state index in [-0.39, 0.29) is 0 Å². The molecule has 0 heterocycles. The summed E-state index contributed by atoms with van der Waals surface area (Å²) in [5.41, 5.74) is -0.847. The maximum Gasteiger partial charge on any atom is 0.409 e. The van der Waals surface area contributed by atoms with Gasteiger partial charge < -0.3 is 9.47 Å². The number of hydrogen-bond donors (Lipinski definition) is 0. The van der Waals surface area contributed by atoms with Crippen LogP contribution in [0.15, 0.2) is 24.3 Å². The highest BCUT2D eigenvalue weighted by atomic mass is 35.5. The molecule has 15 heavy (non-hydrogen) atoms. The number of ether oxygens (including phenoxy) is 2. The molecule has 0 atom stereocenters. The first-order valence-corrected chi connectivity index (χ1v) is 5.20. The number of carbonyl (C=O) groups excluding carboxylic acids is 1. The zero-order chi connectivity index (χ0) is 11.1. The molecule has 0 N–H and O–H groups in total. The van der Waals surface area contributed by atoms with Crippen molar-refractivity contribution >= 4 is 17.0 Å². The maximum absolute atomic E-state index is 10.5. The zero-order valence-corrected chi connectivity index (χ0v) is 9.29. The highest BCUT2D eigenvalue weighted by Gasteiger charge is 2.01. The van der Waals surface area contributed by atoms with Crippen LogP contribution in [0.4, 0.5) is 4.79 Å². The van der Waals surface area contributed by atoms with Crippen LogP contribution in [0.5, 0.6) is 11.5 Å². The van der Waals surface area contributed by atoms with E-state index in [1.807, 2.05) is 0 Å². The maximum atomic E-state index is 10.5. The van der Waals surface area contributed by atoms with Crippen molar-refractivity contribution in [3.63, 3.8) is 0 Å². The van der Waals surface area contributed by atoms with E-state index >= 15 is 0 Å². The Morgan fingerprint density at radius 1 is 1.40 bits per heavy atom. The summed E-state index contributed by atoms with van der Waals surface area (Å²) in [4.78, 5) is 10.5. The van der Waals surface area contributed by atoms with Crippen LogP contribution in [0.2, 0.25) is 0 Å². The Morgan fingerprint density at radius 3 is 2.80 bits per heavy atom. The third-order valence-electron chi connectivity index (χ3n) is 1.77. The van der Waals surface area contributed by atoms with E-state index in [2.05, 4.69) is 6.92 Å². The molecule has 4 heteroatoms. The molecule has 3 nitrogen and oxygen atoms in total. The lowest BCUT2D eigenvalue weighted by Crippen LogP contribution is -1.98. The summed E-state index contributed by atoms with van der Waals surface area (Å²) in [6, 6.07) is 6.83. The molecule has 82 valence electrons. The standard InChI is InChI=1S/C11H13ClO3/c1-2-3-7-14-9-5-4-6-10(8-9)15-11(12)13/h4-6,8H,2-3,7H2,1H3. The molecule has 0 saturated heterocycles. The van der Waals surface area contributed by atoms with Crippen molar-refractivity contribution < 1.29 is 14.3 Å². The number of carbonyl (C=O) groups is 1. The molecular formula is C11H13ClO3. The predicted molar refractivity (Wildman–Crippen MR) is 58.7 cm³/mol. The third kappa shape index (κ3) is 4.70. The number of benzene rings is 1. The van der Waals surface area contributed by atoms with Crippen LogP contribution in [-0.2, 0) is 0 Å². The first-order valence-electron chi connectivity index (χ1n) is 4.82. The minimum absolute atomic E-state index is 0.393. The Bertz CT molecular complexity index is 325. The molecule has 0 unspecified atom stereocenters. The number of halogens is 1. The normalized spacial score (nSPS) is 9.73. The summed E-state index contributed by atoms with van der Waals surface area (Å²) in [6.45, 7) is 2.75. The van der Waals surface area contributed by atoms with Crippen LogP contribution >= 0.6 is 11.6 Å². The minimum Gasteiger partial charge on any atom is -0.493 e. The average Bonchev–Trinajstić information content (AvgIpc) is 2.18. The van der Waals surface area contributed by atoms with E-state index in [9.17, 15) is 4.79 Å². The highest BCUT2D eigenvalue weighted by Crippen LogP contribution is 2.20. The first-order chi connectivity index (χ1) is 7.22. The quantitative estimate of drug-likeness (QED) is 0.571. The number of hydrogen-bond acceptors (Lipinski definition) is 3. The lowest BCUT2D eigenvalue weighted by atomic mass is 10.3. The van der Waals surface area contributed by atoms with Crippen LogP contribution in [0, 0.1) is 0 Å². The van der Waals surface area contributed by atoms with Gasteiger partial charge in [-0.15, -0.1) is 0 Å². The molecule has 0 saturated carbocycles. The van der Waals surface area contributed by atoms with Gasteiger partial charge in [-0.2, -0.15) is 0 Å². The van der Waals surface area contributed by atoms with E-state index in [4.69, 9.17) is 21.1 Å². The Balaban J connectivity index is 2.53. The van der Waals surface area contributed by atoms with E-state index < -0.39 is 5.43 Å². The third-order valence-corrected chi connectivity index (χ3v) is 1.85. The smallest absolute Gasteiger partial charge is 0.409 e. The van der Waals surface area contributed by atoms with Crippen LogP contribution < -0.4 is 9.47 Å². The SMILES string of the molecule is CCCCOc1cccc(OC(=O)Cl)c1. The predicted octanol–water partition coefficient (Wildman–Crippen LogP) is 3.60. The average molecular weight is 229 g/mol. The second kappa shape index (κ2) is 6.30. The van der Waals surface area contributed by atoms with Gasteiger partial charge in [0.25, 0.3) is 0 Å². The minimum atomic E-state index is -0.847. The molecule has 1 aromatic rings. The van der Waals surface area contributed by atoms with E-state index in [0.717, 1.165) is 12.8 Å². The van der Waals surface area contributed by atoms with Gasteiger partial charge in [-0.25, -0.2) is 4.79 Å². The first kappa shape index (κ1) is 11.9. The molecule has 0 fully saturated rings. The van der Waals surface area contributed by atoms with E-state index in [0.29, 0.717) is 18.1 Å². The van der Waals surface area contributed by atoms with Gasteiger partial charge in [0.15, 0.2) is 0 Å². The van der Waals surface area contributed by atoms with Crippen LogP contribution in [0.3, 0.4) is 0 Å². The topological polar surface area (TPSA) is 35.5 Å². The fourth-order valence-electron chi connectivity index (χ4n) is 1.05. The van der Waals surface area contributed by atoms with Crippen LogP contribution in [0.25, 0.3) is 0 Å². The Hall–Kier alpha value is -1.22. The van der Waals surface area contributed by atoms with Crippen molar-refractivity contribution in [1.29, 1.82) is 0 Å². The molecule has 0 aliphatic rings. The largest absolute Gasteiger partial charge is 0.493 e. The summed E-state index contributed by atoms with van der Waals surface area (Å²) in [5.74, 6) is 1.07. The van der Waals surface area contributed by atoms with Crippen LogP contribution in [-0.4, -0.2) is 12.0 Å². The number of unbranched alkanes of at least 4 members (excludes halogenated alkanes) is 1. The van der Waals surface area contributed by atoms with Gasteiger partial charge in [0.05, 0.1) is 6.61 Å². The lowest BCUT2D eigenvalue weighted by molar-refractivity contribution is 0.225. The van der Waals surface area contributed by atoms with Crippen molar-refractivity contribution in [3.05, 3.63) is 24.3 Å². The lowest BCUT2D eigenvalue weighted by Gasteiger charge is -2.06. The molecule has 1 rings (SSSR count). The monoisotopic (exact) mass is 228 g/mol. The molecule has 0 bridgehead atoms. The van der Waals surface area contributed by atoms with Gasteiger partial charge in [-0.1, -0.05) is 19.4 Å². The Morgan fingerprint density at radius 2 is 2.13 bits per heavy atom.